The van der Waals surface area contributed by atoms with E-state index in [9.17, 15) is 4.39 Å². The molecule has 0 bridgehead atoms. The first-order valence-corrected chi connectivity index (χ1v) is 7.99. The van der Waals surface area contributed by atoms with Crippen LogP contribution in [0.25, 0.3) is 0 Å². The van der Waals surface area contributed by atoms with Gasteiger partial charge in [0, 0.05) is 16.1 Å². The molecule has 3 N–H and O–H groups in total. The molecule has 4 nitrogen and oxygen atoms in total. The monoisotopic (exact) mass is 415 g/mol. The average molecular weight is 417 g/mol. The number of halogens is 3. The lowest BCUT2D eigenvalue weighted by atomic mass is 10.1. The van der Waals surface area contributed by atoms with Crippen molar-refractivity contribution in [1.29, 1.82) is 0 Å². The first-order chi connectivity index (χ1) is 11.0. The van der Waals surface area contributed by atoms with E-state index in [2.05, 4.69) is 26.5 Å². The molecule has 0 aromatic heterocycles. The van der Waals surface area contributed by atoms with Gasteiger partial charge in [-0.3, -0.25) is 5.43 Å². The van der Waals surface area contributed by atoms with Crippen molar-refractivity contribution in [1.82, 2.24) is 5.43 Å². The predicted molar refractivity (Wildman–Crippen MR) is 97.5 cm³/mol. The van der Waals surface area contributed by atoms with Gasteiger partial charge in [-0.15, -0.1) is 0 Å². The van der Waals surface area contributed by atoms with Gasteiger partial charge < -0.3 is 10.5 Å². The van der Waals surface area contributed by atoms with Gasteiger partial charge in [0.25, 0.3) is 0 Å². The Balaban J connectivity index is 2.17. The molecule has 2 aromatic carbocycles. The number of hydrazone groups is 1. The van der Waals surface area contributed by atoms with Crippen molar-refractivity contribution in [3.63, 3.8) is 0 Å². The zero-order valence-corrected chi connectivity index (χ0v) is 14.9. The van der Waals surface area contributed by atoms with Crippen molar-refractivity contribution in [3.8, 4) is 5.75 Å². The SMILES string of the molecule is NC(=S)N/N=C(\COc1ccc(F)c(Cl)c1)c1ccc(Br)cc1. The highest BCUT2D eigenvalue weighted by Gasteiger charge is 2.07. The van der Waals surface area contributed by atoms with E-state index in [1.165, 1.54) is 18.2 Å². The molecular weight excluding hydrogens is 405 g/mol. The molecule has 0 amide bonds. The number of nitrogens with one attached hydrogen (secondary N) is 1. The molecule has 120 valence electrons. The Kier molecular flexibility index (Phi) is 6.32. The van der Waals surface area contributed by atoms with Crippen LogP contribution in [0.3, 0.4) is 0 Å². The highest BCUT2D eigenvalue weighted by molar-refractivity contribution is 9.10. The number of thiocarbonyl (C=S) groups is 1. The van der Waals surface area contributed by atoms with E-state index in [0.29, 0.717) is 11.5 Å². The second-order valence-corrected chi connectivity index (χ2v) is 6.17. The lowest BCUT2D eigenvalue weighted by Gasteiger charge is -2.10. The zero-order valence-electron chi connectivity index (χ0n) is 11.7. The number of benzene rings is 2. The molecule has 0 saturated carbocycles. The molecule has 0 aliphatic heterocycles. The standard InChI is InChI=1S/C15H12BrClFN3OS/c16-10-3-1-9(2-4-10)14(20-21-15(19)23)8-22-11-5-6-13(18)12(17)7-11/h1-7H,8H2,(H3,19,21,23)/b20-14+. The molecule has 0 heterocycles. The molecule has 2 aromatic rings. The van der Waals surface area contributed by atoms with Crippen LogP contribution in [-0.2, 0) is 0 Å². The second kappa shape index (κ2) is 8.24. The van der Waals surface area contributed by atoms with E-state index >= 15 is 0 Å². The van der Waals surface area contributed by atoms with Crippen molar-refractivity contribution in [2.45, 2.75) is 0 Å². The fourth-order valence-electron chi connectivity index (χ4n) is 1.66. The third-order valence-corrected chi connectivity index (χ3v) is 3.65. The molecule has 0 unspecified atom stereocenters. The fourth-order valence-corrected chi connectivity index (χ4v) is 2.14. The first-order valence-electron chi connectivity index (χ1n) is 6.41. The third-order valence-electron chi connectivity index (χ3n) is 2.75. The summed E-state index contributed by atoms with van der Waals surface area (Å²) in [5.74, 6) is -0.0764. The molecule has 0 fully saturated rings. The smallest absolute Gasteiger partial charge is 0.184 e. The van der Waals surface area contributed by atoms with Gasteiger partial charge in [0.1, 0.15) is 23.9 Å². The van der Waals surface area contributed by atoms with E-state index in [1.54, 1.807) is 0 Å². The Morgan fingerprint density at radius 1 is 1.30 bits per heavy atom. The van der Waals surface area contributed by atoms with E-state index in [-0.39, 0.29) is 16.7 Å². The summed E-state index contributed by atoms with van der Waals surface area (Å²) in [5.41, 5.74) is 9.33. The van der Waals surface area contributed by atoms with Gasteiger partial charge in [-0.1, -0.05) is 39.7 Å². The van der Waals surface area contributed by atoms with Crippen molar-refractivity contribution >= 4 is 50.6 Å². The normalized spacial score (nSPS) is 11.2. The molecule has 0 aliphatic rings. The minimum Gasteiger partial charge on any atom is -0.487 e. The Labute approximate surface area is 151 Å². The summed E-state index contributed by atoms with van der Waals surface area (Å²) in [6, 6.07) is 11.6. The first kappa shape index (κ1) is 17.7. The summed E-state index contributed by atoms with van der Waals surface area (Å²) < 4.78 is 19.7. The van der Waals surface area contributed by atoms with Crippen LogP contribution in [0.4, 0.5) is 4.39 Å². The quantitative estimate of drug-likeness (QED) is 0.441. The van der Waals surface area contributed by atoms with Gasteiger partial charge in [0.05, 0.1) is 5.02 Å². The largest absolute Gasteiger partial charge is 0.487 e. The molecule has 23 heavy (non-hydrogen) atoms. The van der Waals surface area contributed by atoms with Crippen LogP contribution >= 0.6 is 39.7 Å². The van der Waals surface area contributed by atoms with Crippen LogP contribution in [0.15, 0.2) is 52.0 Å². The summed E-state index contributed by atoms with van der Waals surface area (Å²) in [6.07, 6.45) is 0. The summed E-state index contributed by atoms with van der Waals surface area (Å²) in [5, 5.41) is 4.17. The molecule has 2 rings (SSSR count). The number of nitrogens with zero attached hydrogens (tertiary/aromatic N) is 1. The zero-order chi connectivity index (χ0) is 16.8. The Hall–Kier alpha value is -1.70. The fraction of sp³-hybridized carbons (Fsp3) is 0.0667. The van der Waals surface area contributed by atoms with Crippen molar-refractivity contribution in [2.75, 3.05) is 6.61 Å². The number of rotatable bonds is 5. The summed E-state index contributed by atoms with van der Waals surface area (Å²) in [6.45, 7) is 0.124. The van der Waals surface area contributed by atoms with Gasteiger partial charge in [0.15, 0.2) is 5.11 Å². The second-order valence-electron chi connectivity index (χ2n) is 4.41. The van der Waals surface area contributed by atoms with E-state index in [1.807, 2.05) is 24.3 Å². The summed E-state index contributed by atoms with van der Waals surface area (Å²) in [7, 11) is 0. The molecular formula is C15H12BrClFN3OS. The maximum Gasteiger partial charge on any atom is 0.184 e. The number of hydrogen-bond acceptors (Lipinski definition) is 3. The van der Waals surface area contributed by atoms with E-state index < -0.39 is 5.82 Å². The topological polar surface area (TPSA) is 59.6 Å². The molecule has 0 spiro atoms. The predicted octanol–water partition coefficient (Wildman–Crippen LogP) is 3.86. The highest BCUT2D eigenvalue weighted by Crippen LogP contribution is 2.21. The highest BCUT2D eigenvalue weighted by atomic mass is 79.9. The van der Waals surface area contributed by atoms with Gasteiger partial charge in [-0.05, 0) is 36.5 Å². The van der Waals surface area contributed by atoms with Gasteiger partial charge in [0.2, 0.25) is 0 Å². The maximum atomic E-state index is 13.2. The minimum atomic E-state index is -0.504. The Morgan fingerprint density at radius 2 is 2.00 bits per heavy atom. The van der Waals surface area contributed by atoms with Crippen molar-refractivity contribution in [2.24, 2.45) is 10.8 Å². The average Bonchev–Trinajstić information content (AvgIpc) is 2.51. The van der Waals surface area contributed by atoms with Gasteiger partial charge in [-0.2, -0.15) is 5.10 Å². The van der Waals surface area contributed by atoms with Crippen LogP contribution in [0.5, 0.6) is 5.75 Å². The van der Waals surface area contributed by atoms with Crippen molar-refractivity contribution < 1.29 is 9.13 Å². The molecule has 0 atom stereocenters. The molecule has 0 aliphatic carbocycles. The Morgan fingerprint density at radius 3 is 2.61 bits per heavy atom. The van der Waals surface area contributed by atoms with Gasteiger partial charge in [-0.25, -0.2) is 4.39 Å². The van der Waals surface area contributed by atoms with Gasteiger partial charge >= 0.3 is 0 Å². The third kappa shape index (κ3) is 5.46. The van der Waals surface area contributed by atoms with E-state index in [4.69, 9.17) is 34.3 Å². The van der Waals surface area contributed by atoms with Crippen molar-refractivity contribution in [3.05, 3.63) is 63.3 Å². The van der Waals surface area contributed by atoms with Crippen LogP contribution in [0, 0.1) is 5.82 Å². The molecule has 0 radical (unpaired) electrons. The van der Waals surface area contributed by atoms with E-state index in [0.717, 1.165) is 10.0 Å². The minimum absolute atomic E-state index is 0.00843. The van der Waals surface area contributed by atoms with Crippen LogP contribution < -0.4 is 15.9 Å². The number of hydrogen-bond donors (Lipinski definition) is 2. The lowest BCUT2D eigenvalue weighted by molar-refractivity contribution is 0.375. The molecule has 8 heteroatoms. The number of ether oxygens (including phenoxy) is 1. The Bertz CT molecular complexity index is 740. The lowest BCUT2D eigenvalue weighted by Crippen LogP contribution is -2.27. The summed E-state index contributed by atoms with van der Waals surface area (Å²) in [4.78, 5) is 0. The molecule has 0 saturated heterocycles. The van der Waals surface area contributed by atoms with Crippen LogP contribution in [0.2, 0.25) is 5.02 Å². The van der Waals surface area contributed by atoms with Crippen LogP contribution in [0.1, 0.15) is 5.56 Å². The van der Waals surface area contributed by atoms with Crippen LogP contribution in [-0.4, -0.2) is 17.4 Å². The summed E-state index contributed by atoms with van der Waals surface area (Å²) >= 11 is 13.8. The number of nitrogens with two attached hydrogens (primary N) is 1. The maximum absolute atomic E-state index is 13.2.